The predicted octanol–water partition coefficient (Wildman–Crippen LogP) is 0.879. The second-order valence-electron chi connectivity index (χ2n) is 3.93. The van der Waals surface area contributed by atoms with E-state index in [-0.39, 0.29) is 12.4 Å². The largest absolute Gasteiger partial charge is 0.490 e. The van der Waals surface area contributed by atoms with Gasteiger partial charge in [-0.1, -0.05) is 12.1 Å². The second kappa shape index (κ2) is 6.20. The Hall–Kier alpha value is -2.35. The number of para-hydroxylation sites is 2. The topological polar surface area (TPSA) is 107 Å². The Morgan fingerprint density at radius 3 is 2.60 bits per heavy atom. The molecule has 106 valence electrons. The standard InChI is InChI=1S/C12H14N4O3S/c13-11-3-1-2-4-12(11)19-5-6-20(17,18)16-10-7-14-9-15-8-10/h1-4,7-9,16H,5-6,13H2. The minimum atomic E-state index is -3.51. The summed E-state index contributed by atoms with van der Waals surface area (Å²) in [6.45, 7) is -0.00274. The van der Waals surface area contributed by atoms with Crippen molar-refractivity contribution in [2.45, 2.75) is 0 Å². The van der Waals surface area contributed by atoms with E-state index in [1.807, 2.05) is 0 Å². The summed E-state index contributed by atoms with van der Waals surface area (Å²) in [6.07, 6.45) is 4.07. The first-order valence-corrected chi connectivity index (χ1v) is 7.45. The number of nitrogens with two attached hydrogens (primary N) is 1. The van der Waals surface area contributed by atoms with Crippen LogP contribution < -0.4 is 15.2 Å². The van der Waals surface area contributed by atoms with Gasteiger partial charge in [-0.2, -0.15) is 0 Å². The molecule has 0 unspecified atom stereocenters. The molecule has 1 aromatic heterocycles. The summed E-state index contributed by atoms with van der Waals surface area (Å²) in [4.78, 5) is 7.44. The third kappa shape index (κ3) is 4.09. The molecule has 8 heteroatoms. The minimum absolute atomic E-state index is 0.00274. The maximum Gasteiger partial charge on any atom is 0.236 e. The lowest BCUT2D eigenvalue weighted by atomic mass is 10.3. The SMILES string of the molecule is Nc1ccccc1OCCS(=O)(=O)Nc1cncnc1. The third-order valence-electron chi connectivity index (χ3n) is 2.36. The lowest BCUT2D eigenvalue weighted by Gasteiger charge is -2.10. The van der Waals surface area contributed by atoms with Gasteiger partial charge in [0, 0.05) is 0 Å². The van der Waals surface area contributed by atoms with Crippen molar-refractivity contribution in [3.8, 4) is 5.75 Å². The summed E-state index contributed by atoms with van der Waals surface area (Å²) in [6, 6.07) is 6.90. The Morgan fingerprint density at radius 1 is 1.20 bits per heavy atom. The minimum Gasteiger partial charge on any atom is -0.490 e. The van der Waals surface area contributed by atoms with Gasteiger partial charge in [-0.3, -0.25) is 4.72 Å². The Balaban J connectivity index is 1.89. The lowest BCUT2D eigenvalue weighted by molar-refractivity contribution is 0.343. The number of aromatic nitrogens is 2. The molecule has 0 atom stereocenters. The summed E-state index contributed by atoms with van der Waals surface area (Å²) in [5.41, 5.74) is 6.47. The van der Waals surface area contributed by atoms with Crippen molar-refractivity contribution in [1.82, 2.24) is 9.97 Å². The van der Waals surface area contributed by atoms with E-state index in [4.69, 9.17) is 10.5 Å². The van der Waals surface area contributed by atoms with Crippen molar-refractivity contribution in [2.75, 3.05) is 22.8 Å². The third-order valence-corrected chi connectivity index (χ3v) is 3.61. The first-order valence-electron chi connectivity index (χ1n) is 5.80. The highest BCUT2D eigenvalue weighted by Gasteiger charge is 2.11. The molecule has 0 aliphatic rings. The van der Waals surface area contributed by atoms with Gasteiger partial charge in [-0.05, 0) is 12.1 Å². The molecule has 0 amide bonds. The van der Waals surface area contributed by atoms with Crippen LogP contribution in [0.1, 0.15) is 0 Å². The van der Waals surface area contributed by atoms with Crippen LogP contribution in [0.2, 0.25) is 0 Å². The van der Waals surface area contributed by atoms with E-state index in [1.165, 1.54) is 18.7 Å². The van der Waals surface area contributed by atoms with E-state index in [0.717, 1.165) is 0 Å². The van der Waals surface area contributed by atoms with E-state index in [1.54, 1.807) is 24.3 Å². The molecule has 0 aliphatic heterocycles. The molecule has 0 saturated heterocycles. The zero-order valence-electron chi connectivity index (χ0n) is 10.6. The number of nitrogens with zero attached hydrogens (tertiary/aromatic N) is 2. The molecule has 0 spiro atoms. The maximum absolute atomic E-state index is 11.8. The molecule has 0 radical (unpaired) electrons. The summed E-state index contributed by atoms with van der Waals surface area (Å²) < 4.78 is 31.3. The van der Waals surface area contributed by atoms with Gasteiger partial charge < -0.3 is 10.5 Å². The average molecular weight is 294 g/mol. The molecule has 0 aliphatic carbocycles. The van der Waals surface area contributed by atoms with Gasteiger partial charge in [0.05, 0.1) is 23.8 Å². The van der Waals surface area contributed by atoms with Crippen molar-refractivity contribution in [1.29, 1.82) is 0 Å². The van der Waals surface area contributed by atoms with Gasteiger partial charge in [0.2, 0.25) is 10.0 Å². The second-order valence-corrected chi connectivity index (χ2v) is 5.78. The lowest BCUT2D eigenvalue weighted by Crippen LogP contribution is -2.21. The van der Waals surface area contributed by atoms with Crippen LogP contribution in [0.5, 0.6) is 5.75 Å². The number of anilines is 2. The van der Waals surface area contributed by atoms with Gasteiger partial charge >= 0.3 is 0 Å². The monoisotopic (exact) mass is 294 g/mol. The molecule has 0 fully saturated rings. The van der Waals surface area contributed by atoms with Gasteiger partial charge in [-0.15, -0.1) is 0 Å². The first-order chi connectivity index (χ1) is 9.57. The smallest absolute Gasteiger partial charge is 0.236 e. The Morgan fingerprint density at radius 2 is 1.90 bits per heavy atom. The van der Waals surface area contributed by atoms with Gasteiger partial charge in [0.1, 0.15) is 24.4 Å². The zero-order chi connectivity index (χ0) is 14.4. The Labute approximate surface area is 116 Å². The molecule has 20 heavy (non-hydrogen) atoms. The highest BCUT2D eigenvalue weighted by atomic mass is 32.2. The van der Waals surface area contributed by atoms with Crippen molar-refractivity contribution in [3.05, 3.63) is 43.0 Å². The van der Waals surface area contributed by atoms with Crippen LogP contribution in [-0.2, 0) is 10.0 Å². The Bertz CT molecular complexity index is 661. The van der Waals surface area contributed by atoms with Crippen LogP contribution in [0.3, 0.4) is 0 Å². The summed E-state index contributed by atoms with van der Waals surface area (Å²) in [7, 11) is -3.51. The fourth-order valence-corrected chi connectivity index (χ4v) is 2.33. The molecular weight excluding hydrogens is 280 g/mol. The van der Waals surface area contributed by atoms with Crippen LogP contribution in [0, 0.1) is 0 Å². The number of ether oxygens (including phenoxy) is 1. The molecule has 3 N–H and O–H groups in total. The fourth-order valence-electron chi connectivity index (χ4n) is 1.46. The van der Waals surface area contributed by atoms with Crippen LogP contribution in [0.25, 0.3) is 0 Å². The molecule has 2 rings (SSSR count). The molecule has 7 nitrogen and oxygen atoms in total. The quantitative estimate of drug-likeness (QED) is 0.766. The molecule has 2 aromatic rings. The van der Waals surface area contributed by atoms with E-state index in [0.29, 0.717) is 17.1 Å². The average Bonchev–Trinajstić information content (AvgIpc) is 2.41. The number of sulfonamides is 1. The van der Waals surface area contributed by atoms with E-state index in [9.17, 15) is 8.42 Å². The maximum atomic E-state index is 11.8. The molecule has 1 heterocycles. The number of hydrogen-bond acceptors (Lipinski definition) is 6. The van der Waals surface area contributed by atoms with Gasteiger partial charge in [0.25, 0.3) is 0 Å². The van der Waals surface area contributed by atoms with Crippen LogP contribution in [0.4, 0.5) is 11.4 Å². The normalized spacial score (nSPS) is 11.0. The first kappa shape index (κ1) is 14.1. The van der Waals surface area contributed by atoms with Gasteiger partial charge in [-0.25, -0.2) is 18.4 Å². The van der Waals surface area contributed by atoms with Crippen molar-refractivity contribution in [3.63, 3.8) is 0 Å². The fraction of sp³-hybridized carbons (Fsp3) is 0.167. The summed E-state index contributed by atoms with van der Waals surface area (Å²) >= 11 is 0. The van der Waals surface area contributed by atoms with Crippen LogP contribution in [-0.4, -0.2) is 30.7 Å². The molecule has 1 aromatic carbocycles. The number of benzene rings is 1. The van der Waals surface area contributed by atoms with E-state index in [2.05, 4.69) is 14.7 Å². The van der Waals surface area contributed by atoms with Crippen LogP contribution >= 0.6 is 0 Å². The number of rotatable bonds is 6. The summed E-state index contributed by atoms with van der Waals surface area (Å²) in [5, 5.41) is 0. The molecule has 0 saturated carbocycles. The van der Waals surface area contributed by atoms with E-state index >= 15 is 0 Å². The predicted molar refractivity (Wildman–Crippen MR) is 75.8 cm³/mol. The molecular formula is C12H14N4O3S. The zero-order valence-corrected chi connectivity index (χ0v) is 11.4. The van der Waals surface area contributed by atoms with Crippen molar-refractivity contribution >= 4 is 21.4 Å². The van der Waals surface area contributed by atoms with Crippen molar-refractivity contribution in [2.24, 2.45) is 0 Å². The number of nitrogen functional groups attached to an aromatic ring is 1. The van der Waals surface area contributed by atoms with Crippen LogP contribution in [0.15, 0.2) is 43.0 Å². The van der Waals surface area contributed by atoms with Gasteiger partial charge in [0.15, 0.2) is 0 Å². The summed E-state index contributed by atoms with van der Waals surface area (Å²) in [5.74, 6) is 0.265. The number of nitrogens with one attached hydrogen (secondary N) is 1. The number of hydrogen-bond donors (Lipinski definition) is 2. The highest BCUT2D eigenvalue weighted by molar-refractivity contribution is 7.92. The van der Waals surface area contributed by atoms with E-state index < -0.39 is 10.0 Å². The Kier molecular flexibility index (Phi) is 4.36. The molecule has 0 bridgehead atoms. The van der Waals surface area contributed by atoms with Crippen molar-refractivity contribution < 1.29 is 13.2 Å². The highest BCUT2D eigenvalue weighted by Crippen LogP contribution is 2.19.